The molecule has 5 aromatic rings. The number of azo groups is 1. The minimum Gasteiger partial charge on any atom is -0.351 e. The predicted molar refractivity (Wildman–Crippen MR) is 194 cm³/mol. The average Bonchev–Trinajstić information content (AvgIpc) is 3.05. The van der Waals surface area contributed by atoms with Gasteiger partial charge < -0.3 is 27.0 Å². The Labute approximate surface area is 314 Å². The minimum absolute atomic E-state index is 0.0180. The van der Waals surface area contributed by atoms with Gasteiger partial charge >= 0.3 is 6.03 Å². The van der Waals surface area contributed by atoms with Crippen LogP contribution in [-0.2, 0) is 35.1 Å². The molecule has 9 N–H and O–H groups in total. The van der Waals surface area contributed by atoms with E-state index in [9.17, 15) is 48.5 Å². The number of alkyl halides is 1. The third kappa shape index (κ3) is 9.88. The van der Waals surface area contributed by atoms with Crippen LogP contribution in [0.5, 0.6) is 0 Å². The minimum atomic E-state index is -5.20. The van der Waals surface area contributed by atoms with Crippen LogP contribution < -0.4 is 27.0 Å². The van der Waals surface area contributed by atoms with Gasteiger partial charge in [0.2, 0.25) is 23.1 Å². The van der Waals surface area contributed by atoms with Crippen LogP contribution in [0, 0.1) is 0 Å². The van der Waals surface area contributed by atoms with Crippen molar-refractivity contribution in [3.8, 4) is 0 Å². The van der Waals surface area contributed by atoms with Crippen LogP contribution in [-0.4, -0.2) is 71.7 Å². The molecule has 0 aliphatic carbocycles. The first kappa shape index (κ1) is 39.6. The maximum absolute atomic E-state index is 12.3. The van der Waals surface area contributed by atoms with Crippen molar-refractivity contribution in [3.05, 3.63) is 72.0 Å². The molecule has 0 saturated carbocycles. The zero-order chi connectivity index (χ0) is 39.6. The van der Waals surface area contributed by atoms with E-state index in [0.29, 0.717) is 29.6 Å². The zero-order valence-corrected chi connectivity index (χ0v) is 30.4. The van der Waals surface area contributed by atoms with Gasteiger partial charge in [0, 0.05) is 22.4 Å². The molecule has 5 rings (SSSR count). The van der Waals surface area contributed by atoms with Crippen molar-refractivity contribution in [3.63, 3.8) is 0 Å². The lowest BCUT2D eigenvalue weighted by Gasteiger charge is -2.12. The molecule has 26 heteroatoms. The second-order valence-corrected chi connectivity index (χ2v) is 15.4. The van der Waals surface area contributed by atoms with Gasteiger partial charge in [0.1, 0.15) is 27.0 Å². The number of hydrogen-bond acceptors (Lipinski definition) is 15. The maximum Gasteiger partial charge on any atom is 0.316 e. The Hall–Kier alpha value is -5.60. The number of nitrogens with two attached hydrogens (primary N) is 1. The molecule has 0 radical (unpaired) electrons. The molecule has 0 aliphatic rings. The number of halogens is 2. The van der Waals surface area contributed by atoms with E-state index in [1.54, 1.807) is 24.3 Å². The lowest BCUT2D eigenvalue weighted by Crippen LogP contribution is -2.19. The second kappa shape index (κ2) is 15.4. The highest BCUT2D eigenvalue weighted by molar-refractivity contribution is 7.87. The van der Waals surface area contributed by atoms with Crippen LogP contribution >= 0.6 is 23.2 Å². The Balaban J connectivity index is 1.51. The molecule has 0 spiro atoms. The van der Waals surface area contributed by atoms with E-state index in [2.05, 4.69) is 46.4 Å². The van der Waals surface area contributed by atoms with E-state index in [4.69, 9.17) is 28.9 Å². The number of primary amides is 1. The Bertz CT molecular complexity index is 2720. The fourth-order valence-corrected chi connectivity index (χ4v) is 6.81. The van der Waals surface area contributed by atoms with Crippen LogP contribution in [0.4, 0.5) is 50.8 Å². The second-order valence-electron chi connectivity index (χ2n) is 10.6. The number of urea groups is 1. The van der Waals surface area contributed by atoms with Crippen LogP contribution in [0.1, 0.15) is 0 Å². The molecule has 3 amide bonds. The molecule has 0 bridgehead atoms. The maximum atomic E-state index is 12.3. The first-order valence-corrected chi connectivity index (χ1v) is 19.5. The highest BCUT2D eigenvalue weighted by Crippen LogP contribution is 2.37. The number of nitrogens with one attached hydrogen (secondary N) is 4. The number of rotatable bonds is 12. The summed E-state index contributed by atoms with van der Waals surface area (Å²) in [5.41, 5.74) is 5.41. The molecule has 54 heavy (non-hydrogen) atoms. The van der Waals surface area contributed by atoms with E-state index in [0.717, 1.165) is 6.07 Å². The first-order chi connectivity index (χ1) is 25.2. The summed E-state index contributed by atoms with van der Waals surface area (Å²) < 4.78 is 102. The van der Waals surface area contributed by atoms with Gasteiger partial charge in [-0.25, -0.2) is 4.79 Å². The van der Waals surface area contributed by atoms with Gasteiger partial charge in [0.15, 0.2) is 0 Å². The van der Waals surface area contributed by atoms with Crippen molar-refractivity contribution in [1.82, 2.24) is 15.0 Å². The summed E-state index contributed by atoms with van der Waals surface area (Å²) in [4.78, 5) is 32.7. The van der Waals surface area contributed by atoms with Crippen molar-refractivity contribution >= 4 is 122 Å². The SMILES string of the molecule is NC(=O)Nc1cc(Nc2nc(Cl)nc(Nc3cccc(NC(=O)CCl)c3)n2)ccc1N=Nc1cc2c(S(=O)(=O)O)cc(S(=O)(=O)O)cc2cc1S(=O)(=O)O. The zero-order valence-electron chi connectivity index (χ0n) is 26.5. The Morgan fingerprint density at radius 1 is 0.704 bits per heavy atom. The number of anilines is 6. The molecule has 4 aromatic carbocycles. The average molecular weight is 842 g/mol. The number of carbonyl (C=O) groups excluding carboxylic acids is 2. The van der Waals surface area contributed by atoms with Crippen molar-refractivity contribution in [2.75, 3.05) is 27.1 Å². The fourth-order valence-electron chi connectivity index (χ4n) is 4.60. The Morgan fingerprint density at radius 3 is 1.91 bits per heavy atom. The number of benzene rings is 4. The van der Waals surface area contributed by atoms with Crippen molar-refractivity contribution < 1.29 is 48.5 Å². The highest BCUT2D eigenvalue weighted by Gasteiger charge is 2.25. The molecular formula is C28H22Cl2N10O11S3. The topological polar surface area (TPSA) is 335 Å². The lowest BCUT2D eigenvalue weighted by molar-refractivity contribution is -0.113. The van der Waals surface area contributed by atoms with Crippen LogP contribution in [0.15, 0.2) is 91.6 Å². The number of aromatic nitrogens is 3. The molecule has 0 saturated heterocycles. The molecule has 0 unspecified atom stereocenters. The molecule has 0 fully saturated rings. The number of nitrogens with zero attached hydrogens (tertiary/aromatic N) is 5. The van der Waals surface area contributed by atoms with Crippen molar-refractivity contribution in [2.45, 2.75) is 14.7 Å². The molecule has 1 aromatic heterocycles. The van der Waals surface area contributed by atoms with E-state index in [-0.39, 0.29) is 40.1 Å². The van der Waals surface area contributed by atoms with Gasteiger partial charge in [0.25, 0.3) is 30.4 Å². The normalized spacial score (nSPS) is 12.1. The first-order valence-electron chi connectivity index (χ1n) is 14.3. The van der Waals surface area contributed by atoms with Crippen molar-refractivity contribution in [1.29, 1.82) is 0 Å². The smallest absolute Gasteiger partial charge is 0.316 e. The standard InChI is InChI=1S/C28H22Cl2N10O11S3/c29-12-24(41)32-14-2-1-3-15(8-14)33-27-36-25(30)37-28(38-27)34-16-4-5-19(20(9-16)35-26(31)42)39-40-21-11-18-13(7-23(21)54(49,50)51)6-17(52(43,44)45)10-22(18)53(46,47)48/h1-11H,12H2,(H,32,41)(H3,31,35,42)(H,43,44,45)(H,46,47,48)(H,49,50,51)(H2,33,34,36,37,38). The number of carbonyl (C=O) groups is 2. The van der Waals surface area contributed by atoms with Gasteiger partial charge in [-0.3, -0.25) is 18.5 Å². The molecule has 21 nitrogen and oxygen atoms in total. The van der Waals surface area contributed by atoms with Crippen molar-refractivity contribution in [2.24, 2.45) is 16.0 Å². The summed E-state index contributed by atoms with van der Waals surface area (Å²) >= 11 is 11.7. The highest BCUT2D eigenvalue weighted by atomic mass is 35.5. The summed E-state index contributed by atoms with van der Waals surface area (Å²) in [5, 5.41) is 17.2. The summed E-state index contributed by atoms with van der Waals surface area (Å²) in [6, 6.07) is 11.9. The number of amides is 3. The summed E-state index contributed by atoms with van der Waals surface area (Å²) in [7, 11) is -15.4. The Morgan fingerprint density at radius 2 is 1.31 bits per heavy atom. The van der Waals surface area contributed by atoms with E-state index >= 15 is 0 Å². The van der Waals surface area contributed by atoms with Crippen LogP contribution in [0.25, 0.3) is 10.8 Å². The van der Waals surface area contributed by atoms with Gasteiger partial charge in [-0.1, -0.05) is 6.07 Å². The summed E-state index contributed by atoms with van der Waals surface area (Å²) in [6.07, 6.45) is 0. The Kier molecular flexibility index (Phi) is 11.3. The van der Waals surface area contributed by atoms with Gasteiger partial charge in [0.05, 0.1) is 10.6 Å². The van der Waals surface area contributed by atoms with E-state index in [1.807, 2.05) is 0 Å². The largest absolute Gasteiger partial charge is 0.351 e. The molecule has 1 heterocycles. The molecule has 282 valence electrons. The summed E-state index contributed by atoms with van der Waals surface area (Å²) in [6.45, 7) is 0. The number of hydrogen-bond donors (Lipinski definition) is 8. The fraction of sp³-hybridized carbons (Fsp3) is 0.0357. The molecule has 0 aliphatic heterocycles. The van der Waals surface area contributed by atoms with E-state index < -0.39 is 73.4 Å². The monoisotopic (exact) mass is 840 g/mol. The predicted octanol–water partition coefficient (Wildman–Crippen LogP) is 4.99. The van der Waals surface area contributed by atoms with E-state index in [1.165, 1.54) is 18.2 Å². The quantitative estimate of drug-likeness (QED) is 0.0466. The third-order valence-electron chi connectivity index (χ3n) is 6.73. The molecule has 0 atom stereocenters. The van der Waals surface area contributed by atoms with Gasteiger partial charge in [-0.2, -0.15) is 40.2 Å². The van der Waals surface area contributed by atoms with Gasteiger partial charge in [-0.05, 0) is 77.7 Å². The lowest BCUT2D eigenvalue weighted by atomic mass is 10.1. The van der Waals surface area contributed by atoms with Crippen LogP contribution in [0.3, 0.4) is 0 Å². The van der Waals surface area contributed by atoms with Crippen LogP contribution in [0.2, 0.25) is 5.28 Å². The van der Waals surface area contributed by atoms with Gasteiger partial charge in [-0.15, -0.1) is 21.8 Å². The summed E-state index contributed by atoms with van der Waals surface area (Å²) in [5.74, 6) is -0.785. The molecular weight excluding hydrogens is 819 g/mol. The number of fused-ring (bicyclic) bond motifs is 1. The third-order valence-corrected chi connectivity index (χ3v) is 9.75.